The molecule has 2 heterocycles. The van der Waals surface area contributed by atoms with Gasteiger partial charge in [0.15, 0.2) is 22.5 Å². The number of hydrogen-bond donors (Lipinski definition) is 1. The van der Waals surface area contributed by atoms with E-state index in [1.165, 1.54) is 11.8 Å². The molecule has 0 radical (unpaired) electrons. The Labute approximate surface area is 190 Å². The number of nitrogens with zero attached hydrogens (tertiary/aromatic N) is 5. The Morgan fingerprint density at radius 3 is 2.56 bits per heavy atom. The van der Waals surface area contributed by atoms with Crippen LogP contribution in [0.3, 0.4) is 0 Å². The highest BCUT2D eigenvalue weighted by atomic mass is 32.2. The molecule has 0 saturated carbocycles. The van der Waals surface area contributed by atoms with E-state index < -0.39 is 0 Å². The van der Waals surface area contributed by atoms with Crippen LogP contribution in [0.4, 0.5) is 5.69 Å². The van der Waals surface area contributed by atoms with Crippen molar-refractivity contribution in [2.24, 2.45) is 7.05 Å². The molecule has 172 valence electrons. The number of methoxy groups -OCH3 is 4. The standard InChI is InChI=1S/C20H26N6O5S/c1-25-11-14(19(24-25)31-5)18-22-23-20(26(18)8-9-28-2)32-12-17(27)21-13-6-7-15(29-3)16(10-13)30-4/h6-7,10-11H,8-9,12H2,1-5H3,(H,21,27). The molecule has 12 heteroatoms. The van der Waals surface area contributed by atoms with Crippen LogP contribution in [0.25, 0.3) is 11.4 Å². The lowest BCUT2D eigenvalue weighted by atomic mass is 10.2. The molecule has 11 nitrogen and oxygen atoms in total. The highest BCUT2D eigenvalue weighted by molar-refractivity contribution is 7.99. The third kappa shape index (κ3) is 5.32. The molecule has 0 spiro atoms. The van der Waals surface area contributed by atoms with Crippen LogP contribution < -0.4 is 19.5 Å². The van der Waals surface area contributed by atoms with Crippen LogP contribution in [0.5, 0.6) is 17.4 Å². The Hall–Kier alpha value is -3.25. The predicted octanol–water partition coefficient (Wildman–Crippen LogP) is 2.08. The third-order valence-corrected chi connectivity index (χ3v) is 5.43. The minimum atomic E-state index is -0.191. The van der Waals surface area contributed by atoms with E-state index in [0.717, 1.165) is 0 Å². The van der Waals surface area contributed by atoms with Gasteiger partial charge in [-0.05, 0) is 12.1 Å². The van der Waals surface area contributed by atoms with Crippen LogP contribution in [0.15, 0.2) is 29.6 Å². The first-order valence-corrected chi connectivity index (χ1v) is 10.6. The maximum Gasteiger partial charge on any atom is 0.243 e. The summed E-state index contributed by atoms with van der Waals surface area (Å²) in [5.41, 5.74) is 1.31. The molecule has 1 amide bonds. The molecule has 1 N–H and O–H groups in total. The van der Waals surface area contributed by atoms with Crippen LogP contribution >= 0.6 is 11.8 Å². The summed E-state index contributed by atoms with van der Waals surface area (Å²) >= 11 is 1.28. The molecular formula is C20H26N6O5S. The number of amides is 1. The largest absolute Gasteiger partial charge is 0.493 e. The summed E-state index contributed by atoms with van der Waals surface area (Å²) in [6.45, 7) is 0.968. The van der Waals surface area contributed by atoms with Gasteiger partial charge >= 0.3 is 0 Å². The van der Waals surface area contributed by atoms with Crippen molar-refractivity contribution in [1.29, 1.82) is 0 Å². The molecule has 1 aromatic carbocycles. The zero-order valence-corrected chi connectivity index (χ0v) is 19.4. The van der Waals surface area contributed by atoms with Crippen molar-refractivity contribution in [3.8, 4) is 28.8 Å². The number of ether oxygens (including phenoxy) is 4. The number of aryl methyl sites for hydroxylation is 1. The van der Waals surface area contributed by atoms with E-state index in [2.05, 4.69) is 20.6 Å². The van der Waals surface area contributed by atoms with Gasteiger partial charge in [0, 0.05) is 32.1 Å². The molecule has 0 fully saturated rings. The van der Waals surface area contributed by atoms with Crippen LogP contribution in [-0.4, -0.2) is 71.3 Å². The lowest BCUT2D eigenvalue weighted by molar-refractivity contribution is -0.113. The fraction of sp³-hybridized carbons (Fsp3) is 0.400. The number of carbonyl (C=O) groups excluding carboxylic acids is 1. The first-order valence-electron chi connectivity index (χ1n) is 9.65. The number of thioether (sulfide) groups is 1. The van der Waals surface area contributed by atoms with Gasteiger partial charge in [-0.25, -0.2) is 0 Å². The quantitative estimate of drug-likeness (QED) is 0.428. The van der Waals surface area contributed by atoms with E-state index in [4.69, 9.17) is 18.9 Å². The van der Waals surface area contributed by atoms with Gasteiger partial charge in [0.1, 0.15) is 5.56 Å². The molecule has 32 heavy (non-hydrogen) atoms. The zero-order valence-electron chi connectivity index (χ0n) is 18.6. The Morgan fingerprint density at radius 1 is 1.09 bits per heavy atom. The Balaban J connectivity index is 1.74. The summed E-state index contributed by atoms with van der Waals surface area (Å²) in [6.07, 6.45) is 1.81. The molecule has 0 unspecified atom stereocenters. The van der Waals surface area contributed by atoms with E-state index in [-0.39, 0.29) is 11.7 Å². The van der Waals surface area contributed by atoms with Gasteiger partial charge in [0.05, 0.1) is 40.2 Å². The van der Waals surface area contributed by atoms with Crippen LogP contribution in [0.2, 0.25) is 0 Å². The summed E-state index contributed by atoms with van der Waals surface area (Å²) < 4.78 is 24.6. The maximum absolute atomic E-state index is 12.5. The van der Waals surface area contributed by atoms with Gasteiger partial charge in [-0.1, -0.05) is 11.8 Å². The highest BCUT2D eigenvalue weighted by Gasteiger charge is 2.21. The number of carbonyl (C=O) groups is 1. The second kappa shape index (κ2) is 10.9. The van der Waals surface area contributed by atoms with Gasteiger partial charge in [-0.2, -0.15) is 0 Å². The first-order chi connectivity index (χ1) is 15.5. The Kier molecular flexibility index (Phi) is 7.95. The van der Waals surface area contributed by atoms with E-state index in [1.807, 2.05) is 10.8 Å². The van der Waals surface area contributed by atoms with E-state index in [9.17, 15) is 4.79 Å². The van der Waals surface area contributed by atoms with Crippen molar-refractivity contribution < 1.29 is 23.7 Å². The highest BCUT2D eigenvalue weighted by Crippen LogP contribution is 2.31. The topological polar surface area (TPSA) is 115 Å². The van der Waals surface area contributed by atoms with Crippen molar-refractivity contribution in [3.05, 3.63) is 24.4 Å². The second-order valence-corrected chi connectivity index (χ2v) is 7.53. The molecular weight excluding hydrogens is 436 g/mol. The number of anilines is 1. The van der Waals surface area contributed by atoms with E-state index in [0.29, 0.717) is 52.8 Å². The van der Waals surface area contributed by atoms with Crippen LogP contribution in [0.1, 0.15) is 0 Å². The summed E-state index contributed by atoms with van der Waals surface area (Å²) in [4.78, 5) is 12.5. The van der Waals surface area contributed by atoms with Crippen molar-refractivity contribution in [2.75, 3.05) is 46.1 Å². The monoisotopic (exact) mass is 462 g/mol. The van der Waals surface area contributed by atoms with Crippen molar-refractivity contribution >= 4 is 23.4 Å². The van der Waals surface area contributed by atoms with Gasteiger partial charge in [0.25, 0.3) is 0 Å². The third-order valence-electron chi connectivity index (χ3n) is 4.46. The first kappa shape index (κ1) is 23.4. The summed E-state index contributed by atoms with van der Waals surface area (Å²) in [5, 5.41) is 16.3. The molecule has 0 aliphatic rings. The summed E-state index contributed by atoms with van der Waals surface area (Å²) in [6, 6.07) is 5.18. The Morgan fingerprint density at radius 2 is 1.88 bits per heavy atom. The minimum absolute atomic E-state index is 0.142. The molecule has 0 aliphatic carbocycles. The number of rotatable bonds is 11. The average molecular weight is 463 g/mol. The minimum Gasteiger partial charge on any atom is -0.493 e. The lowest BCUT2D eigenvalue weighted by Crippen LogP contribution is -2.15. The SMILES string of the molecule is COCCn1c(SCC(=O)Nc2ccc(OC)c(OC)c2)nnc1-c1cn(C)nc1OC. The molecule has 0 bridgehead atoms. The van der Waals surface area contributed by atoms with Gasteiger partial charge in [-0.3, -0.25) is 14.0 Å². The molecule has 0 atom stereocenters. The van der Waals surface area contributed by atoms with Crippen molar-refractivity contribution in [1.82, 2.24) is 24.5 Å². The number of benzene rings is 1. The fourth-order valence-electron chi connectivity index (χ4n) is 2.99. The predicted molar refractivity (Wildman–Crippen MR) is 120 cm³/mol. The normalized spacial score (nSPS) is 10.8. The average Bonchev–Trinajstić information content (AvgIpc) is 3.38. The van der Waals surface area contributed by atoms with Crippen LogP contribution in [-0.2, 0) is 23.1 Å². The zero-order chi connectivity index (χ0) is 23.1. The Bertz CT molecular complexity index is 1070. The summed E-state index contributed by atoms with van der Waals surface area (Å²) in [5.74, 6) is 2.11. The number of aromatic nitrogens is 5. The fourth-order valence-corrected chi connectivity index (χ4v) is 3.76. The van der Waals surface area contributed by atoms with Gasteiger partial charge < -0.3 is 24.3 Å². The molecule has 0 aliphatic heterocycles. The van der Waals surface area contributed by atoms with Gasteiger partial charge in [0.2, 0.25) is 11.8 Å². The lowest BCUT2D eigenvalue weighted by Gasteiger charge is -2.11. The summed E-state index contributed by atoms with van der Waals surface area (Å²) in [7, 11) is 8.08. The van der Waals surface area contributed by atoms with E-state index >= 15 is 0 Å². The smallest absolute Gasteiger partial charge is 0.243 e. The maximum atomic E-state index is 12.5. The molecule has 3 aromatic rings. The van der Waals surface area contributed by atoms with Crippen molar-refractivity contribution in [3.63, 3.8) is 0 Å². The van der Waals surface area contributed by atoms with Crippen molar-refractivity contribution in [2.45, 2.75) is 11.7 Å². The van der Waals surface area contributed by atoms with Crippen LogP contribution in [0, 0.1) is 0 Å². The number of nitrogens with one attached hydrogen (secondary N) is 1. The molecule has 0 saturated heterocycles. The molecule has 2 aromatic heterocycles. The number of hydrogen-bond acceptors (Lipinski definition) is 9. The van der Waals surface area contributed by atoms with Gasteiger partial charge in [-0.15, -0.1) is 15.3 Å². The second-order valence-electron chi connectivity index (χ2n) is 6.58. The van der Waals surface area contributed by atoms with E-state index in [1.54, 1.807) is 58.4 Å². The molecule has 3 rings (SSSR count).